The second-order valence-corrected chi connectivity index (χ2v) is 7.06. The van der Waals surface area contributed by atoms with Crippen molar-refractivity contribution in [1.29, 1.82) is 0 Å². The van der Waals surface area contributed by atoms with Gasteiger partial charge in [-0.05, 0) is 55.7 Å². The number of hydrogen-bond donors (Lipinski definition) is 1. The number of ether oxygens (including phenoxy) is 2. The first-order valence-corrected chi connectivity index (χ1v) is 10.2. The van der Waals surface area contributed by atoms with Gasteiger partial charge in [-0.15, -0.1) is 0 Å². The van der Waals surface area contributed by atoms with Gasteiger partial charge in [0.1, 0.15) is 29.6 Å². The predicted octanol–water partition coefficient (Wildman–Crippen LogP) is 4.96. The molecular formula is C24H26FNO5. The first kappa shape index (κ1) is 22.5. The summed E-state index contributed by atoms with van der Waals surface area (Å²) in [5.41, 5.74) is 2.79. The van der Waals surface area contributed by atoms with Gasteiger partial charge in [0.2, 0.25) is 5.89 Å². The van der Waals surface area contributed by atoms with E-state index in [1.165, 1.54) is 6.07 Å². The van der Waals surface area contributed by atoms with Crippen LogP contribution in [-0.4, -0.2) is 28.8 Å². The molecule has 0 fully saturated rings. The van der Waals surface area contributed by atoms with E-state index < -0.39 is 17.9 Å². The lowest BCUT2D eigenvalue weighted by molar-refractivity contribution is -0.149. The van der Waals surface area contributed by atoms with Crippen molar-refractivity contribution in [3.05, 3.63) is 70.9 Å². The van der Waals surface area contributed by atoms with Crippen molar-refractivity contribution >= 4 is 5.97 Å². The molecule has 0 radical (unpaired) electrons. The summed E-state index contributed by atoms with van der Waals surface area (Å²) < 4.78 is 30.8. The van der Waals surface area contributed by atoms with Crippen molar-refractivity contribution in [2.24, 2.45) is 0 Å². The number of carboxylic acids is 1. The zero-order valence-electron chi connectivity index (χ0n) is 17.9. The Balaban J connectivity index is 1.72. The Kier molecular flexibility index (Phi) is 7.41. The van der Waals surface area contributed by atoms with Crippen molar-refractivity contribution < 1.29 is 28.2 Å². The average Bonchev–Trinajstić information content (AvgIpc) is 3.13. The molecule has 0 amide bonds. The number of halogens is 1. The summed E-state index contributed by atoms with van der Waals surface area (Å²) >= 11 is 0. The van der Waals surface area contributed by atoms with Crippen LogP contribution in [0, 0.1) is 12.7 Å². The summed E-state index contributed by atoms with van der Waals surface area (Å²) in [6.07, 6.45) is 0.142. The maximum absolute atomic E-state index is 14.0. The molecular weight excluding hydrogens is 401 g/mol. The number of hydrogen-bond acceptors (Lipinski definition) is 5. The molecule has 0 bridgehead atoms. The average molecular weight is 427 g/mol. The number of aliphatic carboxylic acids is 1. The lowest BCUT2D eigenvalue weighted by Gasteiger charge is -2.16. The lowest BCUT2D eigenvalue weighted by atomic mass is 9.99. The molecule has 0 aliphatic carbocycles. The Morgan fingerprint density at radius 1 is 1.19 bits per heavy atom. The number of benzene rings is 2. The highest BCUT2D eigenvalue weighted by atomic mass is 19.1. The highest BCUT2D eigenvalue weighted by Gasteiger charge is 2.20. The molecule has 164 valence electrons. The minimum atomic E-state index is -0.976. The van der Waals surface area contributed by atoms with Crippen LogP contribution in [0.4, 0.5) is 4.39 Å². The molecule has 31 heavy (non-hydrogen) atoms. The Labute approximate surface area is 180 Å². The zero-order valence-corrected chi connectivity index (χ0v) is 17.9. The van der Waals surface area contributed by atoms with Crippen molar-refractivity contribution in [3.8, 4) is 17.2 Å². The summed E-state index contributed by atoms with van der Waals surface area (Å²) in [4.78, 5) is 15.8. The second-order valence-electron chi connectivity index (χ2n) is 7.06. The topological polar surface area (TPSA) is 81.8 Å². The number of oxazole rings is 1. The first-order valence-electron chi connectivity index (χ1n) is 10.2. The van der Waals surface area contributed by atoms with Gasteiger partial charge in [0.15, 0.2) is 6.10 Å². The van der Waals surface area contributed by atoms with Gasteiger partial charge in [0.05, 0.1) is 5.56 Å². The van der Waals surface area contributed by atoms with Crippen molar-refractivity contribution in [2.75, 3.05) is 6.61 Å². The number of aromatic nitrogens is 1. The summed E-state index contributed by atoms with van der Waals surface area (Å²) in [7, 11) is 0. The molecule has 1 unspecified atom stereocenters. The van der Waals surface area contributed by atoms with E-state index in [9.17, 15) is 14.3 Å². The number of nitrogens with zero attached hydrogens (tertiary/aromatic N) is 1. The molecule has 0 saturated heterocycles. The standard InChI is InChI=1S/C24H26FNO5/c1-4-16-12-18(11-10-17(16)13-22(24(27)28)29-5-2)30-14-21-15(3)31-23(26-21)19-8-6-7-9-20(19)25/h6-12,22H,4-5,13-14H2,1-3H3,(H,27,28). The molecule has 0 spiro atoms. The smallest absolute Gasteiger partial charge is 0.333 e. The molecule has 3 aromatic rings. The third kappa shape index (κ3) is 5.49. The molecule has 1 aromatic heterocycles. The molecule has 1 atom stereocenters. The summed E-state index contributed by atoms with van der Waals surface area (Å²) in [5, 5.41) is 9.33. The fraction of sp³-hybridized carbons (Fsp3) is 0.333. The van der Waals surface area contributed by atoms with E-state index in [4.69, 9.17) is 13.9 Å². The van der Waals surface area contributed by atoms with Crippen molar-refractivity contribution in [1.82, 2.24) is 4.98 Å². The summed E-state index contributed by atoms with van der Waals surface area (Å²) in [6.45, 7) is 6.05. The van der Waals surface area contributed by atoms with Gasteiger partial charge in [-0.1, -0.05) is 25.1 Å². The van der Waals surface area contributed by atoms with Gasteiger partial charge in [0, 0.05) is 13.0 Å². The van der Waals surface area contributed by atoms with E-state index in [0.717, 1.165) is 17.5 Å². The summed E-state index contributed by atoms with van der Waals surface area (Å²) in [5.74, 6) is 0.0438. The quantitative estimate of drug-likeness (QED) is 0.492. The van der Waals surface area contributed by atoms with Gasteiger partial charge in [-0.2, -0.15) is 0 Å². The van der Waals surface area contributed by atoms with E-state index in [1.54, 1.807) is 38.1 Å². The van der Waals surface area contributed by atoms with E-state index >= 15 is 0 Å². The molecule has 0 aliphatic heterocycles. The lowest BCUT2D eigenvalue weighted by Crippen LogP contribution is -2.26. The van der Waals surface area contributed by atoms with E-state index in [2.05, 4.69) is 4.98 Å². The van der Waals surface area contributed by atoms with E-state index in [0.29, 0.717) is 35.8 Å². The first-order chi connectivity index (χ1) is 14.9. The molecule has 2 aromatic carbocycles. The van der Waals surface area contributed by atoms with Gasteiger partial charge >= 0.3 is 5.97 Å². The Morgan fingerprint density at radius 2 is 1.97 bits per heavy atom. The van der Waals surface area contributed by atoms with Crippen LogP contribution in [0.25, 0.3) is 11.5 Å². The van der Waals surface area contributed by atoms with Gasteiger partial charge < -0.3 is 19.0 Å². The number of carbonyl (C=O) groups is 1. The monoisotopic (exact) mass is 427 g/mol. The van der Waals surface area contributed by atoms with Crippen molar-refractivity contribution in [2.45, 2.75) is 46.3 Å². The number of aryl methyl sites for hydroxylation is 2. The molecule has 0 aliphatic rings. The highest BCUT2D eigenvalue weighted by molar-refractivity contribution is 5.72. The SMILES string of the molecule is CCOC(Cc1ccc(OCc2nc(-c3ccccc3F)oc2C)cc1CC)C(=O)O. The van der Waals surface area contributed by atoms with Gasteiger partial charge in [-0.25, -0.2) is 14.2 Å². The Morgan fingerprint density at radius 3 is 2.65 bits per heavy atom. The molecule has 3 rings (SSSR count). The molecule has 7 heteroatoms. The van der Waals surface area contributed by atoms with Gasteiger partial charge in [-0.3, -0.25) is 0 Å². The van der Waals surface area contributed by atoms with Crippen LogP contribution >= 0.6 is 0 Å². The Hall–Kier alpha value is -3.19. The van der Waals surface area contributed by atoms with Crippen LogP contribution in [0.5, 0.6) is 5.75 Å². The van der Waals surface area contributed by atoms with Crippen LogP contribution in [0.2, 0.25) is 0 Å². The van der Waals surface area contributed by atoms with Gasteiger partial charge in [0.25, 0.3) is 0 Å². The van der Waals surface area contributed by atoms with E-state index in [1.807, 2.05) is 19.1 Å². The van der Waals surface area contributed by atoms with Crippen LogP contribution < -0.4 is 4.74 Å². The van der Waals surface area contributed by atoms with E-state index in [-0.39, 0.29) is 12.5 Å². The third-order valence-corrected chi connectivity index (χ3v) is 4.98. The Bertz CT molecular complexity index is 1050. The maximum Gasteiger partial charge on any atom is 0.333 e. The third-order valence-electron chi connectivity index (χ3n) is 4.98. The predicted molar refractivity (Wildman–Crippen MR) is 114 cm³/mol. The van der Waals surface area contributed by atoms with Crippen LogP contribution in [0.3, 0.4) is 0 Å². The van der Waals surface area contributed by atoms with Crippen LogP contribution in [0.15, 0.2) is 46.9 Å². The van der Waals surface area contributed by atoms with Crippen molar-refractivity contribution in [3.63, 3.8) is 0 Å². The molecule has 0 saturated carbocycles. The fourth-order valence-electron chi connectivity index (χ4n) is 3.30. The van der Waals surface area contributed by atoms with Crippen LogP contribution in [0.1, 0.15) is 36.4 Å². The minimum absolute atomic E-state index is 0.170. The second kappa shape index (κ2) is 10.2. The molecule has 6 nitrogen and oxygen atoms in total. The normalized spacial score (nSPS) is 12.0. The minimum Gasteiger partial charge on any atom is -0.487 e. The maximum atomic E-state index is 14.0. The largest absolute Gasteiger partial charge is 0.487 e. The highest BCUT2D eigenvalue weighted by Crippen LogP contribution is 2.26. The number of carboxylic acid groups (broad SMARTS) is 1. The number of rotatable bonds is 10. The summed E-state index contributed by atoms with van der Waals surface area (Å²) in [6, 6.07) is 11.9. The zero-order chi connectivity index (χ0) is 22.4. The van der Waals surface area contributed by atoms with Crippen LogP contribution in [-0.2, 0) is 29.0 Å². The fourth-order valence-corrected chi connectivity index (χ4v) is 3.30. The molecule has 1 N–H and O–H groups in total. The molecule has 1 heterocycles.